The Morgan fingerprint density at radius 1 is 0.424 bits per heavy atom. The summed E-state index contributed by atoms with van der Waals surface area (Å²) in [7, 11) is -4.59. The molecule has 0 bridgehead atoms. The summed E-state index contributed by atoms with van der Waals surface area (Å²) < 4.78 is 38.2. The van der Waals surface area contributed by atoms with Gasteiger partial charge in [0.05, 0.1) is 0 Å². The third-order valence-corrected chi connectivity index (χ3v) is 15.6. The minimum atomic E-state index is -0.894. The molecule has 0 saturated carbocycles. The first-order valence-corrected chi connectivity index (χ1v) is 22.7. The van der Waals surface area contributed by atoms with Gasteiger partial charge < -0.3 is 28.8 Å². The van der Waals surface area contributed by atoms with Gasteiger partial charge in [-0.25, -0.2) is 0 Å². The van der Waals surface area contributed by atoms with Gasteiger partial charge in [-0.05, 0) is 6.04 Å². The van der Waals surface area contributed by atoms with E-state index in [1.165, 1.54) is 109 Å². The maximum Gasteiger partial charge on any atom is 0.286 e. The van der Waals surface area contributed by atoms with Crippen LogP contribution >= 0.6 is 0 Å². The topological polar surface area (TPSA) is 64.6 Å². The van der Waals surface area contributed by atoms with Crippen molar-refractivity contribution >= 4 is 80.3 Å². The molecule has 0 unspecified atom stereocenters. The standard InChI is InChI=1S/C18H54O7Si8/c1-2-3-4-5-6-7-8-9-10-11-12-13-14-15-16-17-18-27-20-29-22-31-24-33-25-32-23-30-21-28-19-26/h2-18,27-33H2,1,26H3. The molecule has 0 rings (SSSR count). The van der Waals surface area contributed by atoms with E-state index in [2.05, 4.69) is 6.92 Å². The van der Waals surface area contributed by atoms with E-state index in [4.69, 9.17) is 28.8 Å². The van der Waals surface area contributed by atoms with Gasteiger partial charge in [-0.3, -0.25) is 0 Å². The Bertz CT molecular complexity index is 325. The Balaban J connectivity index is 2.99. The molecule has 0 aliphatic heterocycles. The van der Waals surface area contributed by atoms with Crippen LogP contribution in [-0.4, -0.2) is 80.3 Å². The van der Waals surface area contributed by atoms with Crippen LogP contribution in [0.4, 0.5) is 0 Å². The van der Waals surface area contributed by atoms with Crippen LogP contribution in [0, 0.1) is 0 Å². The summed E-state index contributed by atoms with van der Waals surface area (Å²) in [6, 6.07) is 1.30. The van der Waals surface area contributed by atoms with Gasteiger partial charge in [0.25, 0.3) is 60.0 Å². The van der Waals surface area contributed by atoms with E-state index in [1.807, 2.05) is 0 Å². The average Bonchev–Trinajstić information content (AvgIpc) is 2.83. The molecule has 0 atom stereocenters. The van der Waals surface area contributed by atoms with Crippen molar-refractivity contribution in [3.05, 3.63) is 0 Å². The van der Waals surface area contributed by atoms with Crippen molar-refractivity contribution in [1.29, 1.82) is 0 Å². The Kier molecular flexibility index (Phi) is 34.9. The molecule has 0 aliphatic rings. The van der Waals surface area contributed by atoms with Gasteiger partial charge in [-0.2, -0.15) is 0 Å². The SMILES string of the molecule is CCCCCCCCCCCCCCCCCC[SiH2]O[SiH2]O[SiH2]O[SiH2]O[SiH2]O[SiH2]O[SiH2]O[SiH3]. The highest BCUT2D eigenvalue weighted by Crippen LogP contribution is 2.14. The molecule has 0 heterocycles. The van der Waals surface area contributed by atoms with Crippen LogP contribution in [-0.2, 0) is 28.8 Å². The predicted octanol–water partition coefficient (Wildman–Crippen LogP) is -0.861. The zero-order valence-corrected chi connectivity index (χ0v) is 33.7. The van der Waals surface area contributed by atoms with Crippen LogP contribution < -0.4 is 0 Å². The number of hydrogen-bond donors (Lipinski definition) is 0. The molecule has 0 aromatic rings. The van der Waals surface area contributed by atoms with E-state index in [0.29, 0.717) is 0 Å². The molecule has 0 N–H and O–H groups in total. The summed E-state index contributed by atoms with van der Waals surface area (Å²) in [6.07, 6.45) is 22.9. The van der Waals surface area contributed by atoms with E-state index >= 15 is 0 Å². The largest absolute Gasteiger partial charge is 0.449 e. The molecule has 0 aromatic heterocycles. The van der Waals surface area contributed by atoms with E-state index in [0.717, 1.165) is 10.5 Å². The highest BCUT2D eigenvalue weighted by molar-refractivity contribution is 6.49. The molecule has 15 heteroatoms. The molecule has 0 amide bonds. The van der Waals surface area contributed by atoms with Crippen LogP contribution in [0.2, 0.25) is 6.04 Å². The first kappa shape index (κ1) is 34.5. The van der Waals surface area contributed by atoms with Gasteiger partial charge in [0.1, 0.15) is 20.2 Å². The quantitative estimate of drug-likeness (QED) is 0.0779. The lowest BCUT2D eigenvalue weighted by molar-refractivity contribution is 0.372. The Morgan fingerprint density at radius 3 is 1.15 bits per heavy atom. The fraction of sp³-hybridized carbons (Fsp3) is 1.00. The van der Waals surface area contributed by atoms with E-state index in [1.54, 1.807) is 0 Å². The van der Waals surface area contributed by atoms with Gasteiger partial charge in [0.15, 0.2) is 0 Å². The van der Waals surface area contributed by atoms with Crippen molar-refractivity contribution in [3.8, 4) is 0 Å². The second-order valence-corrected chi connectivity index (χ2v) is 23.2. The Hall–Kier alpha value is 1.46. The minimum absolute atomic E-state index is 0.355. The molecule has 33 heavy (non-hydrogen) atoms. The van der Waals surface area contributed by atoms with E-state index < -0.39 is 60.0 Å². The molecule has 0 aromatic carbocycles. The highest BCUT2D eigenvalue weighted by Gasteiger charge is 1.97. The summed E-state index contributed by atoms with van der Waals surface area (Å²) in [4.78, 5) is 0. The van der Waals surface area contributed by atoms with Gasteiger partial charge >= 0.3 is 0 Å². The normalized spacial score (nSPS) is 14.1. The predicted molar refractivity (Wildman–Crippen MR) is 162 cm³/mol. The van der Waals surface area contributed by atoms with Crippen molar-refractivity contribution in [1.82, 2.24) is 0 Å². The molecule has 7 nitrogen and oxygen atoms in total. The van der Waals surface area contributed by atoms with Gasteiger partial charge in [-0.15, -0.1) is 0 Å². The maximum atomic E-state index is 5.79. The first-order valence-electron chi connectivity index (χ1n) is 13.4. The fourth-order valence-electron chi connectivity index (χ4n) is 3.54. The minimum Gasteiger partial charge on any atom is -0.449 e. The molecular formula is C18H54O7Si8. The smallest absolute Gasteiger partial charge is 0.286 e. The fourth-order valence-corrected chi connectivity index (χ4v) is 16.6. The van der Waals surface area contributed by atoms with Crippen LogP contribution in [0.25, 0.3) is 0 Å². The van der Waals surface area contributed by atoms with E-state index in [-0.39, 0.29) is 9.76 Å². The monoisotopic (exact) mass is 606 g/mol. The molecule has 0 fully saturated rings. The molecule has 0 aliphatic carbocycles. The van der Waals surface area contributed by atoms with Crippen LogP contribution in [0.3, 0.4) is 0 Å². The van der Waals surface area contributed by atoms with Crippen molar-refractivity contribution in [3.63, 3.8) is 0 Å². The summed E-state index contributed by atoms with van der Waals surface area (Å²) in [5, 5.41) is 0. The van der Waals surface area contributed by atoms with Crippen molar-refractivity contribution in [2.24, 2.45) is 0 Å². The zero-order chi connectivity index (χ0) is 23.9. The molecule has 0 saturated heterocycles. The highest BCUT2D eigenvalue weighted by atomic mass is 28.4. The van der Waals surface area contributed by atoms with Crippen LogP contribution in [0.15, 0.2) is 0 Å². The zero-order valence-electron chi connectivity index (χ0n) is 21.8. The van der Waals surface area contributed by atoms with Gasteiger partial charge in [-0.1, -0.05) is 110 Å². The van der Waals surface area contributed by atoms with Crippen molar-refractivity contribution in [2.45, 2.75) is 116 Å². The number of rotatable bonds is 30. The Morgan fingerprint density at radius 2 is 0.758 bits per heavy atom. The maximum absolute atomic E-state index is 5.79. The summed E-state index contributed by atoms with van der Waals surface area (Å²) in [6.45, 7) is 2.29. The second-order valence-electron chi connectivity index (χ2n) is 8.58. The van der Waals surface area contributed by atoms with Crippen LogP contribution in [0.5, 0.6) is 0 Å². The Labute approximate surface area is 224 Å². The van der Waals surface area contributed by atoms with Gasteiger partial charge in [0.2, 0.25) is 0 Å². The number of unbranched alkanes of at least 4 members (excludes halogenated alkanes) is 15. The lowest BCUT2D eigenvalue weighted by Gasteiger charge is -2.08. The van der Waals surface area contributed by atoms with Crippen LogP contribution in [0.1, 0.15) is 110 Å². The summed E-state index contributed by atoms with van der Waals surface area (Å²) >= 11 is 0. The van der Waals surface area contributed by atoms with E-state index in [9.17, 15) is 0 Å². The van der Waals surface area contributed by atoms with Crippen molar-refractivity contribution < 1.29 is 28.8 Å². The first-order chi connectivity index (χ1) is 16.4. The average molecular weight is 607 g/mol. The third-order valence-electron chi connectivity index (χ3n) is 5.43. The molecular weight excluding hydrogens is 553 g/mol. The molecule has 0 spiro atoms. The third kappa shape index (κ3) is 33.5. The summed E-state index contributed by atoms with van der Waals surface area (Å²) in [5.41, 5.74) is 0. The summed E-state index contributed by atoms with van der Waals surface area (Å²) in [5.74, 6) is 0. The van der Waals surface area contributed by atoms with Crippen molar-refractivity contribution in [2.75, 3.05) is 0 Å². The lowest BCUT2D eigenvalue weighted by atomic mass is 10.0. The lowest BCUT2D eigenvalue weighted by Crippen LogP contribution is -2.20. The molecule has 200 valence electrons. The van der Waals surface area contributed by atoms with Gasteiger partial charge in [0, 0.05) is 0 Å². The second kappa shape index (κ2) is 33.5. The number of hydrogen-bond acceptors (Lipinski definition) is 7. The molecule has 0 radical (unpaired) electrons.